The zero-order valence-corrected chi connectivity index (χ0v) is 16.0. The summed E-state index contributed by atoms with van der Waals surface area (Å²) in [6, 6.07) is 2.75. The monoisotopic (exact) mass is 367 g/mol. The number of hydrogen-bond acceptors (Lipinski definition) is 4. The molecule has 25 heavy (non-hydrogen) atoms. The minimum Gasteiger partial charge on any atom is -0.458 e. The average Bonchev–Trinajstić information content (AvgIpc) is 2.87. The van der Waals surface area contributed by atoms with Gasteiger partial charge in [-0.05, 0) is 53.7 Å². The molecule has 0 aromatic carbocycles. The standard InChI is InChI=1S/C17H22FN3O3S/c1-9(2)24-16(22)13-8-11-7-12(18)14(20-15(11)19-13)10(3)21-25(23)17(4,5)6/h7-9H,1-6H3,(H,19,20)/b21-10+. The summed E-state index contributed by atoms with van der Waals surface area (Å²) < 4.78 is 35.1. The zero-order valence-electron chi connectivity index (χ0n) is 15.1. The molecule has 0 spiro atoms. The highest BCUT2D eigenvalue weighted by Crippen LogP contribution is 2.20. The number of carbonyl (C=O) groups excluding carboxylic acids is 1. The van der Waals surface area contributed by atoms with Gasteiger partial charge in [0.2, 0.25) is 0 Å². The van der Waals surface area contributed by atoms with Crippen LogP contribution in [0.15, 0.2) is 16.5 Å². The Labute approximate surface area is 148 Å². The van der Waals surface area contributed by atoms with Crippen LogP contribution in [0.5, 0.6) is 0 Å². The Kier molecular flexibility index (Phi) is 5.41. The first-order valence-corrected chi connectivity index (χ1v) is 8.97. The van der Waals surface area contributed by atoms with E-state index in [1.54, 1.807) is 41.5 Å². The second kappa shape index (κ2) is 7.03. The average molecular weight is 367 g/mol. The van der Waals surface area contributed by atoms with Crippen LogP contribution in [0.25, 0.3) is 11.0 Å². The van der Waals surface area contributed by atoms with Crippen molar-refractivity contribution in [3.8, 4) is 0 Å². The molecule has 2 rings (SSSR count). The van der Waals surface area contributed by atoms with Gasteiger partial charge < -0.3 is 9.72 Å². The molecule has 0 aliphatic heterocycles. The highest BCUT2D eigenvalue weighted by atomic mass is 32.2. The van der Waals surface area contributed by atoms with Gasteiger partial charge in [0.15, 0.2) is 5.82 Å². The number of esters is 1. The smallest absolute Gasteiger partial charge is 0.355 e. The molecule has 2 heterocycles. The van der Waals surface area contributed by atoms with Crippen molar-refractivity contribution >= 4 is 33.7 Å². The number of halogens is 1. The van der Waals surface area contributed by atoms with Crippen LogP contribution in [-0.4, -0.2) is 36.7 Å². The highest BCUT2D eigenvalue weighted by molar-refractivity contribution is 7.85. The van der Waals surface area contributed by atoms with Gasteiger partial charge in [-0.25, -0.2) is 18.4 Å². The number of fused-ring (bicyclic) bond motifs is 1. The number of hydrogen-bond donors (Lipinski definition) is 1. The molecule has 0 fully saturated rings. The molecule has 1 N–H and O–H groups in total. The lowest BCUT2D eigenvalue weighted by atomic mass is 10.2. The van der Waals surface area contributed by atoms with Crippen molar-refractivity contribution in [2.75, 3.05) is 0 Å². The van der Waals surface area contributed by atoms with Gasteiger partial charge in [-0.1, -0.05) is 0 Å². The topological polar surface area (TPSA) is 84.4 Å². The fraction of sp³-hybridized carbons (Fsp3) is 0.471. The molecule has 0 saturated heterocycles. The van der Waals surface area contributed by atoms with Crippen molar-refractivity contribution < 1.29 is 18.1 Å². The van der Waals surface area contributed by atoms with E-state index in [0.29, 0.717) is 11.0 Å². The van der Waals surface area contributed by atoms with Crippen LogP contribution in [0.2, 0.25) is 0 Å². The van der Waals surface area contributed by atoms with E-state index >= 15 is 0 Å². The fourth-order valence-corrected chi connectivity index (χ4v) is 2.59. The van der Waals surface area contributed by atoms with Crippen LogP contribution in [-0.2, 0) is 15.7 Å². The number of pyridine rings is 1. The summed E-state index contributed by atoms with van der Waals surface area (Å²) in [6.07, 6.45) is -0.263. The third kappa shape index (κ3) is 4.50. The van der Waals surface area contributed by atoms with E-state index in [0.717, 1.165) is 0 Å². The van der Waals surface area contributed by atoms with Gasteiger partial charge >= 0.3 is 5.97 Å². The van der Waals surface area contributed by atoms with E-state index in [-0.39, 0.29) is 23.2 Å². The van der Waals surface area contributed by atoms with Crippen LogP contribution in [0.1, 0.15) is 57.7 Å². The summed E-state index contributed by atoms with van der Waals surface area (Å²) in [4.78, 5) is 19.0. The Bertz CT molecular complexity index is 866. The Morgan fingerprint density at radius 1 is 1.36 bits per heavy atom. The number of rotatable bonds is 4. The van der Waals surface area contributed by atoms with Gasteiger partial charge in [0.1, 0.15) is 28.0 Å². The van der Waals surface area contributed by atoms with Crippen LogP contribution in [0, 0.1) is 5.82 Å². The number of aromatic nitrogens is 2. The zero-order chi connectivity index (χ0) is 18.9. The largest absolute Gasteiger partial charge is 0.458 e. The van der Waals surface area contributed by atoms with Gasteiger partial charge in [-0.3, -0.25) is 0 Å². The van der Waals surface area contributed by atoms with E-state index in [1.807, 2.05) is 0 Å². The summed E-state index contributed by atoms with van der Waals surface area (Å²) >= 11 is 0. The molecule has 0 amide bonds. The second-order valence-corrected chi connectivity index (χ2v) is 8.84. The van der Waals surface area contributed by atoms with E-state index in [2.05, 4.69) is 14.4 Å². The van der Waals surface area contributed by atoms with Gasteiger partial charge in [-0.2, -0.15) is 4.40 Å². The molecule has 2 aromatic rings. The first-order valence-electron chi connectivity index (χ1n) is 7.87. The molecular formula is C17H22FN3O3S. The van der Waals surface area contributed by atoms with Crippen molar-refractivity contribution in [2.45, 2.75) is 52.4 Å². The summed E-state index contributed by atoms with van der Waals surface area (Å²) in [5.41, 5.74) is 0.757. The van der Waals surface area contributed by atoms with Crippen LogP contribution < -0.4 is 0 Å². The molecule has 0 aliphatic carbocycles. The number of carbonyl (C=O) groups is 1. The van der Waals surface area contributed by atoms with Crippen LogP contribution in [0.4, 0.5) is 4.39 Å². The Balaban J connectivity index is 2.43. The molecule has 1 unspecified atom stereocenters. The van der Waals surface area contributed by atoms with Gasteiger partial charge in [-0.15, -0.1) is 0 Å². The summed E-state index contributed by atoms with van der Waals surface area (Å²) in [7, 11) is -1.52. The van der Waals surface area contributed by atoms with E-state index in [4.69, 9.17) is 4.74 Å². The first-order chi connectivity index (χ1) is 11.5. The minimum atomic E-state index is -1.52. The number of nitrogens with zero attached hydrogens (tertiary/aromatic N) is 2. The third-order valence-corrected chi connectivity index (χ3v) is 4.69. The molecule has 136 valence electrons. The van der Waals surface area contributed by atoms with Gasteiger partial charge in [0.05, 0.1) is 16.6 Å². The lowest BCUT2D eigenvalue weighted by molar-refractivity contribution is 0.0372. The molecule has 2 aromatic heterocycles. The summed E-state index contributed by atoms with van der Waals surface area (Å²) in [5, 5.41) is 0.446. The number of ether oxygens (including phenoxy) is 1. The van der Waals surface area contributed by atoms with Crippen molar-refractivity contribution in [2.24, 2.45) is 4.40 Å². The normalized spacial score (nSPS) is 14.2. The molecule has 0 bridgehead atoms. The Morgan fingerprint density at radius 2 is 2.00 bits per heavy atom. The van der Waals surface area contributed by atoms with E-state index in [9.17, 15) is 13.4 Å². The van der Waals surface area contributed by atoms with Gasteiger partial charge in [0.25, 0.3) is 0 Å². The highest BCUT2D eigenvalue weighted by Gasteiger charge is 2.21. The maximum Gasteiger partial charge on any atom is 0.355 e. The number of aromatic amines is 1. The second-order valence-electron chi connectivity index (χ2n) is 6.93. The van der Waals surface area contributed by atoms with Crippen molar-refractivity contribution in [3.05, 3.63) is 29.3 Å². The van der Waals surface area contributed by atoms with Crippen molar-refractivity contribution in [1.82, 2.24) is 9.97 Å². The first kappa shape index (κ1) is 19.2. The van der Waals surface area contributed by atoms with E-state index in [1.165, 1.54) is 12.1 Å². The molecule has 0 aliphatic rings. The van der Waals surface area contributed by atoms with Crippen molar-refractivity contribution in [1.29, 1.82) is 0 Å². The lowest BCUT2D eigenvalue weighted by Crippen LogP contribution is -2.21. The predicted octanol–water partition coefficient (Wildman–Crippen LogP) is 3.54. The van der Waals surface area contributed by atoms with E-state index < -0.39 is 27.5 Å². The van der Waals surface area contributed by atoms with Crippen LogP contribution >= 0.6 is 0 Å². The number of H-pyrrole nitrogens is 1. The fourth-order valence-electron chi connectivity index (χ4n) is 1.98. The van der Waals surface area contributed by atoms with Crippen LogP contribution in [0.3, 0.4) is 0 Å². The minimum absolute atomic E-state index is 0.00396. The lowest BCUT2D eigenvalue weighted by Gasteiger charge is -2.14. The molecule has 6 nitrogen and oxygen atoms in total. The maximum atomic E-state index is 14.4. The Hall–Kier alpha value is -2.09. The molecule has 0 radical (unpaired) electrons. The molecule has 8 heteroatoms. The Morgan fingerprint density at radius 3 is 2.56 bits per heavy atom. The maximum absolute atomic E-state index is 14.4. The summed E-state index contributed by atoms with van der Waals surface area (Å²) in [6.45, 7) is 10.4. The molecule has 1 atom stereocenters. The summed E-state index contributed by atoms with van der Waals surface area (Å²) in [5.74, 6) is -1.13. The third-order valence-electron chi connectivity index (χ3n) is 3.21. The number of nitrogens with one attached hydrogen (secondary N) is 1. The van der Waals surface area contributed by atoms with Gasteiger partial charge in [0, 0.05) is 5.39 Å². The van der Waals surface area contributed by atoms with Crippen molar-refractivity contribution in [3.63, 3.8) is 0 Å². The quantitative estimate of drug-likeness (QED) is 0.662. The predicted molar refractivity (Wildman–Crippen MR) is 96.7 cm³/mol. The SMILES string of the molecule is C/C(=N\S(=O)C(C)(C)C)c1nc2[nH]c(C(=O)OC(C)C)cc2cc1F. The molecule has 0 saturated carbocycles. The molecular weight excluding hydrogens is 345 g/mol.